The second-order valence-electron chi connectivity index (χ2n) is 10.1. The van der Waals surface area contributed by atoms with E-state index >= 15 is 0 Å². The number of pyridine rings is 1. The Hall–Kier alpha value is -3.83. The molecule has 0 saturated carbocycles. The van der Waals surface area contributed by atoms with Crippen LogP contribution in [0.25, 0.3) is 33.7 Å². The van der Waals surface area contributed by atoms with E-state index in [1.54, 1.807) is 27.0 Å². The van der Waals surface area contributed by atoms with Gasteiger partial charge in [0.25, 0.3) is 5.89 Å². The summed E-state index contributed by atoms with van der Waals surface area (Å²) in [5.74, 6) is 0.925. The van der Waals surface area contributed by atoms with Gasteiger partial charge < -0.3 is 4.52 Å². The number of nitrogens with zero attached hydrogens (tertiary/aromatic N) is 3. The Morgan fingerprint density at radius 1 is 1.02 bits per heavy atom. The van der Waals surface area contributed by atoms with Crippen LogP contribution in [-0.2, 0) is 23.8 Å². The van der Waals surface area contributed by atoms with Crippen LogP contribution >= 0.6 is 12.0 Å². The van der Waals surface area contributed by atoms with E-state index < -0.39 is 14.6 Å². The zero-order valence-corrected chi connectivity index (χ0v) is 24.9. The van der Waals surface area contributed by atoms with Gasteiger partial charge in [-0.25, -0.2) is 13.3 Å². The Balaban J connectivity index is 1.63. The summed E-state index contributed by atoms with van der Waals surface area (Å²) in [5.41, 5.74) is 5.77. The predicted molar refractivity (Wildman–Crippen MR) is 161 cm³/mol. The van der Waals surface area contributed by atoms with E-state index in [4.69, 9.17) is 8.86 Å². The Morgan fingerprint density at radius 3 is 2.49 bits per heavy atom. The molecule has 0 spiro atoms. The smallest absolute Gasteiger partial charge is 0.258 e. The van der Waals surface area contributed by atoms with Crippen LogP contribution in [0.2, 0.25) is 0 Å². The first-order chi connectivity index (χ1) is 19.6. The highest BCUT2D eigenvalue weighted by Crippen LogP contribution is 2.37. The molecular formula is C31H29N3O5S2. The molecule has 0 aliphatic heterocycles. The standard InChI is InChI=1S/C31H29N3O5S2/c1-20-33-30(38-34-20)28(22-11-13-26(14-12-22)40-39-37-4)17-21-8-6-9-23(16-21)27-19-25(31(2,3)41(5,35)36)18-24-10-7-15-32-29(24)27/h6-19H,1-5H3. The molecule has 10 heteroatoms. The van der Waals surface area contributed by atoms with Gasteiger partial charge in [0.15, 0.2) is 15.7 Å². The molecule has 0 fully saturated rings. The number of hydrogen-bond acceptors (Lipinski definition) is 9. The van der Waals surface area contributed by atoms with E-state index in [2.05, 4.69) is 20.0 Å². The van der Waals surface area contributed by atoms with Crippen molar-refractivity contribution in [1.82, 2.24) is 15.1 Å². The van der Waals surface area contributed by atoms with Gasteiger partial charge in [0.2, 0.25) is 0 Å². The second kappa shape index (κ2) is 11.6. The molecule has 8 nitrogen and oxygen atoms in total. The van der Waals surface area contributed by atoms with Gasteiger partial charge in [-0.15, -0.1) is 0 Å². The summed E-state index contributed by atoms with van der Waals surface area (Å²) < 4.78 is 34.8. The third-order valence-corrected chi connectivity index (χ3v) is 9.72. The maximum Gasteiger partial charge on any atom is 0.258 e. The van der Waals surface area contributed by atoms with Gasteiger partial charge in [-0.3, -0.25) is 4.98 Å². The Labute approximate surface area is 243 Å². The SMILES string of the molecule is COOSc1ccc(C(=Cc2cccc(-c3cc(C(C)(C)S(C)(=O)=O)cc4cccnc34)c2)c2nc(C)no2)cc1. The van der Waals surface area contributed by atoms with E-state index in [1.807, 2.05) is 78.9 Å². The predicted octanol–water partition coefficient (Wildman–Crippen LogP) is 7.05. The number of fused-ring (bicyclic) bond motifs is 1. The summed E-state index contributed by atoms with van der Waals surface area (Å²) in [4.78, 5) is 14.7. The van der Waals surface area contributed by atoms with Crippen molar-refractivity contribution in [3.8, 4) is 11.1 Å². The average molecular weight is 588 g/mol. The van der Waals surface area contributed by atoms with Crippen LogP contribution in [0.1, 0.15) is 42.3 Å². The molecule has 5 aromatic rings. The van der Waals surface area contributed by atoms with E-state index in [1.165, 1.54) is 13.4 Å². The number of aryl methyl sites for hydroxylation is 1. The van der Waals surface area contributed by atoms with Gasteiger partial charge >= 0.3 is 0 Å². The third-order valence-electron chi connectivity index (χ3n) is 6.96. The van der Waals surface area contributed by atoms with Crippen molar-refractivity contribution in [2.24, 2.45) is 0 Å². The highest BCUT2D eigenvalue weighted by atomic mass is 32.2. The van der Waals surface area contributed by atoms with Crippen molar-refractivity contribution < 1.29 is 22.2 Å². The zero-order valence-electron chi connectivity index (χ0n) is 23.3. The summed E-state index contributed by atoms with van der Waals surface area (Å²) in [6, 6.07) is 23.4. The fourth-order valence-corrected chi connectivity index (χ4v) is 5.31. The van der Waals surface area contributed by atoms with Gasteiger partial charge in [0.1, 0.15) is 0 Å². The lowest BCUT2D eigenvalue weighted by molar-refractivity contribution is -0.160. The Bertz CT molecular complexity index is 1850. The van der Waals surface area contributed by atoms with Crippen LogP contribution in [0, 0.1) is 6.92 Å². The highest BCUT2D eigenvalue weighted by molar-refractivity contribution is 7.94. The molecule has 0 atom stereocenters. The summed E-state index contributed by atoms with van der Waals surface area (Å²) in [6.07, 6.45) is 5.00. The van der Waals surface area contributed by atoms with Gasteiger partial charge in [-0.2, -0.15) is 9.32 Å². The largest absolute Gasteiger partial charge is 0.334 e. The molecule has 0 amide bonds. The normalized spacial score (nSPS) is 12.7. The topological polar surface area (TPSA) is 104 Å². The minimum absolute atomic E-state index is 0.394. The summed E-state index contributed by atoms with van der Waals surface area (Å²) in [5, 5.41) is 4.86. The molecule has 0 aliphatic carbocycles. The molecule has 0 saturated heterocycles. The van der Waals surface area contributed by atoms with Gasteiger partial charge in [-0.05, 0) is 85.5 Å². The molecule has 0 N–H and O–H groups in total. The van der Waals surface area contributed by atoms with E-state index in [0.717, 1.165) is 55.7 Å². The summed E-state index contributed by atoms with van der Waals surface area (Å²) >= 11 is 1.11. The molecule has 0 bridgehead atoms. The van der Waals surface area contributed by atoms with Gasteiger partial charge in [0.05, 0.1) is 29.4 Å². The van der Waals surface area contributed by atoms with Crippen LogP contribution in [0.4, 0.5) is 0 Å². The quantitative estimate of drug-likeness (QED) is 0.0776. The first-order valence-corrected chi connectivity index (χ1v) is 15.4. The van der Waals surface area contributed by atoms with Crippen LogP contribution < -0.4 is 0 Å². The maximum absolute atomic E-state index is 12.7. The zero-order chi connectivity index (χ0) is 29.2. The van der Waals surface area contributed by atoms with E-state index in [9.17, 15) is 8.42 Å². The Morgan fingerprint density at radius 2 is 1.80 bits per heavy atom. The van der Waals surface area contributed by atoms with Gasteiger partial charge in [0, 0.05) is 33.9 Å². The fourth-order valence-electron chi connectivity index (χ4n) is 4.38. The van der Waals surface area contributed by atoms with Crippen molar-refractivity contribution in [2.75, 3.05) is 13.4 Å². The van der Waals surface area contributed by atoms with Crippen molar-refractivity contribution in [3.63, 3.8) is 0 Å². The molecular weight excluding hydrogens is 558 g/mol. The van der Waals surface area contributed by atoms with Crippen LogP contribution in [0.3, 0.4) is 0 Å². The average Bonchev–Trinajstić information content (AvgIpc) is 3.40. The van der Waals surface area contributed by atoms with Gasteiger partial charge in [-0.1, -0.05) is 41.6 Å². The molecule has 2 heterocycles. The van der Waals surface area contributed by atoms with E-state index in [0.29, 0.717) is 17.3 Å². The highest BCUT2D eigenvalue weighted by Gasteiger charge is 2.33. The first-order valence-electron chi connectivity index (χ1n) is 12.8. The van der Waals surface area contributed by atoms with Crippen LogP contribution in [-0.4, -0.2) is 36.9 Å². The number of rotatable bonds is 9. The number of aromatic nitrogens is 3. The lowest BCUT2D eigenvalue weighted by atomic mass is 9.92. The number of benzene rings is 3. The van der Waals surface area contributed by atoms with E-state index in [-0.39, 0.29) is 0 Å². The molecule has 5 rings (SSSR count). The molecule has 41 heavy (non-hydrogen) atoms. The van der Waals surface area contributed by atoms with Crippen LogP contribution in [0.5, 0.6) is 0 Å². The number of sulfone groups is 1. The number of hydrogen-bond donors (Lipinski definition) is 0. The minimum atomic E-state index is -3.38. The summed E-state index contributed by atoms with van der Waals surface area (Å²) in [6.45, 7) is 5.23. The first kappa shape index (κ1) is 28.7. The Kier molecular flexibility index (Phi) is 8.10. The minimum Gasteiger partial charge on any atom is -0.334 e. The molecule has 2 aromatic heterocycles. The molecule has 0 aliphatic rings. The monoisotopic (exact) mass is 587 g/mol. The lowest BCUT2D eigenvalue weighted by Crippen LogP contribution is -2.28. The summed E-state index contributed by atoms with van der Waals surface area (Å²) in [7, 11) is -1.93. The van der Waals surface area contributed by atoms with Crippen molar-refractivity contribution in [1.29, 1.82) is 0 Å². The molecule has 210 valence electrons. The van der Waals surface area contributed by atoms with Crippen molar-refractivity contribution in [2.45, 2.75) is 30.4 Å². The molecule has 3 aromatic carbocycles. The second-order valence-corrected chi connectivity index (χ2v) is 13.4. The maximum atomic E-state index is 12.7. The fraction of sp³-hybridized carbons (Fsp3) is 0.194. The molecule has 0 unspecified atom stereocenters. The third kappa shape index (κ3) is 6.11. The molecule has 0 radical (unpaired) electrons. The van der Waals surface area contributed by atoms with Crippen molar-refractivity contribution >= 4 is 44.4 Å². The van der Waals surface area contributed by atoms with Crippen molar-refractivity contribution in [3.05, 3.63) is 107 Å². The van der Waals surface area contributed by atoms with Crippen LogP contribution in [0.15, 0.2) is 88.4 Å². The lowest BCUT2D eigenvalue weighted by Gasteiger charge is -2.24.